The first kappa shape index (κ1) is 12.3. The third-order valence-electron chi connectivity index (χ3n) is 2.69. The van der Waals surface area contributed by atoms with E-state index in [1.165, 1.54) is 11.1 Å². The van der Waals surface area contributed by atoms with Crippen LogP contribution in [-0.4, -0.2) is 6.04 Å². The maximum absolute atomic E-state index is 5.80. The van der Waals surface area contributed by atoms with Crippen molar-refractivity contribution >= 4 is 0 Å². The SMILES string of the molecule is C[C@@H](N)CCc1ccccc1C(C)(C)C. The molecular formula is C14H23N. The number of benzene rings is 1. The normalized spacial score (nSPS) is 13.9. The van der Waals surface area contributed by atoms with Gasteiger partial charge in [-0.1, -0.05) is 45.0 Å². The fourth-order valence-electron chi connectivity index (χ4n) is 1.85. The summed E-state index contributed by atoms with van der Waals surface area (Å²) in [5.41, 5.74) is 8.93. The fourth-order valence-corrected chi connectivity index (χ4v) is 1.85. The lowest BCUT2D eigenvalue weighted by Gasteiger charge is -2.23. The molecule has 1 aromatic rings. The van der Waals surface area contributed by atoms with Crippen molar-refractivity contribution < 1.29 is 0 Å². The van der Waals surface area contributed by atoms with Crippen LogP contribution in [0.4, 0.5) is 0 Å². The molecule has 0 fully saturated rings. The van der Waals surface area contributed by atoms with E-state index in [1.54, 1.807) is 0 Å². The molecular weight excluding hydrogens is 182 g/mol. The van der Waals surface area contributed by atoms with E-state index in [1.807, 2.05) is 0 Å². The molecule has 1 atom stereocenters. The van der Waals surface area contributed by atoms with Crippen molar-refractivity contribution in [2.75, 3.05) is 0 Å². The first-order valence-electron chi connectivity index (χ1n) is 5.75. The van der Waals surface area contributed by atoms with Crippen LogP contribution < -0.4 is 5.73 Å². The van der Waals surface area contributed by atoms with Gasteiger partial charge in [-0.3, -0.25) is 0 Å². The van der Waals surface area contributed by atoms with Gasteiger partial charge < -0.3 is 5.73 Å². The Labute approximate surface area is 93.7 Å². The molecule has 1 heteroatoms. The number of rotatable bonds is 3. The summed E-state index contributed by atoms with van der Waals surface area (Å²) in [6.45, 7) is 8.85. The van der Waals surface area contributed by atoms with Gasteiger partial charge in [-0.2, -0.15) is 0 Å². The molecule has 1 rings (SSSR count). The monoisotopic (exact) mass is 205 g/mol. The zero-order chi connectivity index (χ0) is 11.5. The summed E-state index contributed by atoms with van der Waals surface area (Å²) in [5, 5.41) is 0. The average molecular weight is 205 g/mol. The first-order valence-corrected chi connectivity index (χ1v) is 5.75. The Bertz CT molecular complexity index is 307. The molecule has 0 radical (unpaired) electrons. The molecule has 0 bridgehead atoms. The molecule has 0 saturated carbocycles. The van der Waals surface area contributed by atoms with Gasteiger partial charge in [0.05, 0.1) is 0 Å². The van der Waals surface area contributed by atoms with E-state index in [4.69, 9.17) is 5.73 Å². The van der Waals surface area contributed by atoms with Gasteiger partial charge in [-0.25, -0.2) is 0 Å². The van der Waals surface area contributed by atoms with E-state index < -0.39 is 0 Å². The first-order chi connectivity index (χ1) is 6.91. The van der Waals surface area contributed by atoms with Gasteiger partial charge in [0.25, 0.3) is 0 Å². The second kappa shape index (κ2) is 4.80. The number of hydrogen-bond donors (Lipinski definition) is 1. The van der Waals surface area contributed by atoms with Crippen molar-refractivity contribution in [3.8, 4) is 0 Å². The van der Waals surface area contributed by atoms with Crippen molar-refractivity contribution in [1.82, 2.24) is 0 Å². The van der Waals surface area contributed by atoms with Crippen molar-refractivity contribution in [2.24, 2.45) is 5.73 Å². The van der Waals surface area contributed by atoms with Crippen LogP contribution in [0.15, 0.2) is 24.3 Å². The summed E-state index contributed by atoms with van der Waals surface area (Å²) in [7, 11) is 0. The molecule has 1 aromatic carbocycles. The highest BCUT2D eigenvalue weighted by atomic mass is 14.6. The van der Waals surface area contributed by atoms with Crippen LogP contribution in [0.3, 0.4) is 0 Å². The number of nitrogens with two attached hydrogens (primary N) is 1. The van der Waals surface area contributed by atoms with Crippen LogP contribution in [0.25, 0.3) is 0 Å². The van der Waals surface area contributed by atoms with Gasteiger partial charge in [0.15, 0.2) is 0 Å². The van der Waals surface area contributed by atoms with Gasteiger partial charge in [-0.15, -0.1) is 0 Å². The molecule has 0 unspecified atom stereocenters. The summed E-state index contributed by atoms with van der Waals surface area (Å²) >= 11 is 0. The number of aryl methyl sites for hydroxylation is 1. The summed E-state index contributed by atoms with van der Waals surface area (Å²) in [4.78, 5) is 0. The van der Waals surface area contributed by atoms with Crippen LogP contribution in [-0.2, 0) is 11.8 Å². The fraction of sp³-hybridized carbons (Fsp3) is 0.571. The lowest BCUT2D eigenvalue weighted by atomic mass is 9.82. The molecule has 0 spiro atoms. The Balaban J connectivity index is 2.87. The third-order valence-corrected chi connectivity index (χ3v) is 2.69. The summed E-state index contributed by atoms with van der Waals surface area (Å²) in [5.74, 6) is 0. The lowest BCUT2D eigenvalue weighted by Crippen LogP contribution is -2.18. The van der Waals surface area contributed by atoms with Crippen molar-refractivity contribution in [3.05, 3.63) is 35.4 Å². The Morgan fingerprint density at radius 1 is 1.20 bits per heavy atom. The maximum atomic E-state index is 5.80. The lowest BCUT2D eigenvalue weighted by molar-refractivity contribution is 0.574. The molecule has 0 aliphatic carbocycles. The Morgan fingerprint density at radius 3 is 2.33 bits per heavy atom. The second-order valence-corrected chi connectivity index (χ2v) is 5.42. The minimum Gasteiger partial charge on any atom is -0.328 e. The second-order valence-electron chi connectivity index (χ2n) is 5.42. The van der Waals surface area contributed by atoms with Crippen LogP contribution >= 0.6 is 0 Å². The van der Waals surface area contributed by atoms with Gasteiger partial charge in [0.1, 0.15) is 0 Å². The maximum Gasteiger partial charge on any atom is 0.00136 e. The van der Waals surface area contributed by atoms with Gasteiger partial charge in [-0.05, 0) is 36.3 Å². The van der Waals surface area contributed by atoms with Crippen molar-refractivity contribution in [3.63, 3.8) is 0 Å². The standard InChI is InChI=1S/C14H23N/c1-11(15)9-10-12-7-5-6-8-13(12)14(2,3)4/h5-8,11H,9-10,15H2,1-4H3/t11-/m1/s1. The molecule has 0 amide bonds. The highest BCUT2D eigenvalue weighted by Crippen LogP contribution is 2.26. The Kier molecular flexibility index (Phi) is 3.92. The topological polar surface area (TPSA) is 26.0 Å². The van der Waals surface area contributed by atoms with Crippen LogP contribution in [0, 0.1) is 0 Å². The summed E-state index contributed by atoms with van der Waals surface area (Å²) < 4.78 is 0. The zero-order valence-corrected chi connectivity index (χ0v) is 10.4. The molecule has 0 aromatic heterocycles. The highest BCUT2D eigenvalue weighted by molar-refractivity contribution is 5.32. The molecule has 84 valence electrons. The molecule has 0 saturated heterocycles. The molecule has 15 heavy (non-hydrogen) atoms. The average Bonchev–Trinajstić information content (AvgIpc) is 2.13. The Hall–Kier alpha value is -0.820. The molecule has 0 aliphatic rings. The number of hydrogen-bond acceptors (Lipinski definition) is 1. The summed E-state index contributed by atoms with van der Waals surface area (Å²) in [6, 6.07) is 8.99. The predicted octanol–water partition coefficient (Wildman–Crippen LogP) is 3.26. The van der Waals surface area contributed by atoms with E-state index in [9.17, 15) is 0 Å². The molecule has 0 aliphatic heterocycles. The highest BCUT2D eigenvalue weighted by Gasteiger charge is 2.16. The van der Waals surface area contributed by atoms with E-state index in [0.29, 0.717) is 0 Å². The largest absolute Gasteiger partial charge is 0.328 e. The van der Waals surface area contributed by atoms with Gasteiger partial charge >= 0.3 is 0 Å². The van der Waals surface area contributed by atoms with Crippen LogP contribution in [0.5, 0.6) is 0 Å². The van der Waals surface area contributed by atoms with Gasteiger partial charge in [0, 0.05) is 6.04 Å². The third kappa shape index (κ3) is 3.67. The van der Waals surface area contributed by atoms with Crippen LogP contribution in [0.2, 0.25) is 0 Å². The van der Waals surface area contributed by atoms with Gasteiger partial charge in [0.2, 0.25) is 0 Å². The zero-order valence-electron chi connectivity index (χ0n) is 10.4. The van der Waals surface area contributed by atoms with Crippen molar-refractivity contribution in [2.45, 2.75) is 52.0 Å². The summed E-state index contributed by atoms with van der Waals surface area (Å²) in [6.07, 6.45) is 2.15. The predicted molar refractivity (Wildman–Crippen MR) is 67.1 cm³/mol. The minimum absolute atomic E-state index is 0.231. The smallest absolute Gasteiger partial charge is 0.00136 e. The quantitative estimate of drug-likeness (QED) is 0.805. The van der Waals surface area contributed by atoms with E-state index in [-0.39, 0.29) is 11.5 Å². The van der Waals surface area contributed by atoms with E-state index >= 15 is 0 Å². The minimum atomic E-state index is 0.231. The van der Waals surface area contributed by atoms with E-state index in [2.05, 4.69) is 52.0 Å². The van der Waals surface area contributed by atoms with Crippen molar-refractivity contribution in [1.29, 1.82) is 0 Å². The molecule has 1 nitrogen and oxygen atoms in total. The van der Waals surface area contributed by atoms with Crippen LogP contribution in [0.1, 0.15) is 45.2 Å². The van der Waals surface area contributed by atoms with E-state index in [0.717, 1.165) is 12.8 Å². The molecule has 0 heterocycles. The Morgan fingerprint density at radius 2 is 1.80 bits per heavy atom. The molecule has 2 N–H and O–H groups in total.